The maximum absolute atomic E-state index is 12.1. The van der Waals surface area contributed by atoms with Gasteiger partial charge in [-0.3, -0.25) is 4.79 Å². The van der Waals surface area contributed by atoms with E-state index in [1.54, 1.807) is 12.1 Å². The van der Waals surface area contributed by atoms with Crippen LogP contribution in [-0.4, -0.2) is 20.0 Å². The lowest BCUT2D eigenvalue weighted by atomic mass is 10.1. The second kappa shape index (κ2) is 5.95. The molecular formula is C14H10Cl2O3S. The van der Waals surface area contributed by atoms with Gasteiger partial charge in [0.25, 0.3) is 0 Å². The molecule has 3 nitrogen and oxygen atoms in total. The van der Waals surface area contributed by atoms with Crippen molar-refractivity contribution >= 4 is 38.8 Å². The van der Waals surface area contributed by atoms with Crippen LogP contribution in [-0.2, 0) is 9.84 Å². The second-order valence-corrected chi connectivity index (χ2v) is 7.01. The van der Waals surface area contributed by atoms with E-state index in [0.717, 1.165) is 0 Å². The molecule has 0 N–H and O–H groups in total. The fourth-order valence-electron chi connectivity index (χ4n) is 1.62. The van der Waals surface area contributed by atoms with E-state index >= 15 is 0 Å². The van der Waals surface area contributed by atoms with Crippen LogP contribution in [0.5, 0.6) is 0 Å². The van der Waals surface area contributed by atoms with Crippen LogP contribution < -0.4 is 0 Å². The Hall–Kier alpha value is -1.36. The first-order valence-corrected chi connectivity index (χ1v) is 8.06. The van der Waals surface area contributed by atoms with Gasteiger partial charge in [0, 0.05) is 15.6 Å². The number of hydrogen-bond acceptors (Lipinski definition) is 3. The average Bonchev–Trinajstić information content (AvgIpc) is 2.39. The molecule has 0 aliphatic carbocycles. The smallest absolute Gasteiger partial charge is 0.185 e. The molecule has 2 rings (SSSR count). The molecule has 0 saturated carbocycles. The summed E-state index contributed by atoms with van der Waals surface area (Å²) < 4.78 is 24.2. The minimum Gasteiger partial charge on any atom is -0.293 e. The van der Waals surface area contributed by atoms with Gasteiger partial charge in [0.1, 0.15) is 5.75 Å². The number of sulfone groups is 1. The maximum atomic E-state index is 12.1. The zero-order valence-corrected chi connectivity index (χ0v) is 12.5. The molecule has 0 aromatic heterocycles. The molecule has 0 aliphatic rings. The second-order valence-electron chi connectivity index (χ2n) is 4.14. The van der Waals surface area contributed by atoms with Crippen LogP contribution in [0.15, 0.2) is 53.4 Å². The van der Waals surface area contributed by atoms with E-state index in [4.69, 9.17) is 23.2 Å². The number of halogens is 2. The fraction of sp³-hybridized carbons (Fsp3) is 0.0714. The van der Waals surface area contributed by atoms with E-state index in [2.05, 4.69) is 0 Å². The van der Waals surface area contributed by atoms with Gasteiger partial charge in [-0.05, 0) is 48.5 Å². The van der Waals surface area contributed by atoms with Crippen LogP contribution in [0, 0.1) is 0 Å². The van der Waals surface area contributed by atoms with Gasteiger partial charge in [-0.1, -0.05) is 23.2 Å². The molecule has 0 fully saturated rings. The number of carbonyl (C=O) groups excluding carboxylic acids is 1. The highest BCUT2D eigenvalue weighted by molar-refractivity contribution is 7.92. The van der Waals surface area contributed by atoms with Crippen molar-refractivity contribution in [3.05, 3.63) is 64.1 Å². The van der Waals surface area contributed by atoms with Crippen molar-refractivity contribution in [2.24, 2.45) is 0 Å². The molecule has 0 radical (unpaired) electrons. The first kappa shape index (κ1) is 15.0. The molecule has 0 saturated heterocycles. The zero-order valence-electron chi connectivity index (χ0n) is 10.2. The molecule has 104 valence electrons. The number of benzene rings is 2. The van der Waals surface area contributed by atoms with E-state index in [9.17, 15) is 13.2 Å². The third-order valence-electron chi connectivity index (χ3n) is 2.66. The molecule has 0 atom stereocenters. The Balaban J connectivity index is 2.22. The number of Topliss-reactive ketones (excluding diaryl/α,β-unsaturated/α-hetero) is 1. The first-order chi connectivity index (χ1) is 9.38. The first-order valence-electron chi connectivity index (χ1n) is 5.65. The van der Waals surface area contributed by atoms with Crippen LogP contribution in [0.3, 0.4) is 0 Å². The summed E-state index contributed by atoms with van der Waals surface area (Å²) in [5, 5.41) is 0.926. The SMILES string of the molecule is O=C(CS(=O)(=O)c1ccc(Cl)cc1)c1ccc(Cl)cc1. The van der Waals surface area contributed by atoms with E-state index in [1.165, 1.54) is 36.4 Å². The largest absolute Gasteiger partial charge is 0.293 e. The number of carbonyl (C=O) groups is 1. The van der Waals surface area contributed by atoms with Gasteiger partial charge < -0.3 is 0 Å². The van der Waals surface area contributed by atoms with Crippen molar-refractivity contribution in [2.45, 2.75) is 4.90 Å². The Bertz CT molecular complexity index is 720. The maximum Gasteiger partial charge on any atom is 0.185 e. The lowest BCUT2D eigenvalue weighted by Gasteiger charge is -2.04. The van der Waals surface area contributed by atoms with Crippen molar-refractivity contribution in [1.82, 2.24) is 0 Å². The molecule has 0 bridgehead atoms. The Morgan fingerprint density at radius 3 is 1.80 bits per heavy atom. The Morgan fingerprint density at radius 1 is 0.850 bits per heavy atom. The van der Waals surface area contributed by atoms with Crippen molar-refractivity contribution in [3.8, 4) is 0 Å². The summed E-state index contributed by atoms with van der Waals surface area (Å²) in [7, 11) is -3.68. The van der Waals surface area contributed by atoms with Crippen LogP contribution in [0.25, 0.3) is 0 Å². The number of ketones is 1. The summed E-state index contributed by atoms with van der Waals surface area (Å²) in [6.45, 7) is 0. The average molecular weight is 329 g/mol. The highest BCUT2D eigenvalue weighted by Gasteiger charge is 2.20. The van der Waals surface area contributed by atoms with Gasteiger partial charge in [0.15, 0.2) is 15.6 Å². The van der Waals surface area contributed by atoms with Gasteiger partial charge in [-0.15, -0.1) is 0 Å². The normalized spacial score (nSPS) is 11.3. The topological polar surface area (TPSA) is 51.2 Å². The summed E-state index contributed by atoms with van der Waals surface area (Å²) in [6, 6.07) is 11.8. The summed E-state index contributed by atoms with van der Waals surface area (Å²) in [4.78, 5) is 12.0. The zero-order chi connectivity index (χ0) is 14.8. The van der Waals surface area contributed by atoms with E-state index < -0.39 is 21.4 Å². The van der Waals surface area contributed by atoms with Crippen molar-refractivity contribution in [3.63, 3.8) is 0 Å². The van der Waals surface area contributed by atoms with Gasteiger partial charge >= 0.3 is 0 Å². The van der Waals surface area contributed by atoms with E-state index in [1.807, 2.05) is 0 Å². The summed E-state index contributed by atoms with van der Waals surface area (Å²) in [5.74, 6) is -1.06. The summed E-state index contributed by atoms with van der Waals surface area (Å²) in [6.07, 6.45) is 0. The fourth-order valence-corrected chi connectivity index (χ4v) is 3.10. The Labute approximate surface area is 127 Å². The van der Waals surface area contributed by atoms with E-state index in [-0.39, 0.29) is 4.90 Å². The van der Waals surface area contributed by atoms with Crippen LogP contribution in [0.4, 0.5) is 0 Å². The lowest BCUT2D eigenvalue weighted by Crippen LogP contribution is -2.16. The van der Waals surface area contributed by atoms with Crippen molar-refractivity contribution in [2.75, 3.05) is 5.75 Å². The molecule has 6 heteroatoms. The molecule has 0 aliphatic heterocycles. The highest BCUT2D eigenvalue weighted by Crippen LogP contribution is 2.17. The number of hydrogen-bond donors (Lipinski definition) is 0. The predicted molar refractivity (Wildman–Crippen MR) is 79.3 cm³/mol. The molecule has 0 spiro atoms. The number of rotatable bonds is 4. The third kappa shape index (κ3) is 3.60. The van der Waals surface area contributed by atoms with Gasteiger partial charge in [-0.2, -0.15) is 0 Å². The quantitative estimate of drug-likeness (QED) is 0.805. The molecule has 0 heterocycles. The van der Waals surface area contributed by atoms with Gasteiger partial charge in [-0.25, -0.2) is 8.42 Å². The molecule has 20 heavy (non-hydrogen) atoms. The molecule has 0 unspecified atom stereocenters. The lowest BCUT2D eigenvalue weighted by molar-refractivity contribution is 0.102. The summed E-state index contributed by atoms with van der Waals surface area (Å²) >= 11 is 11.4. The van der Waals surface area contributed by atoms with Crippen LogP contribution in [0.2, 0.25) is 10.0 Å². The summed E-state index contributed by atoms with van der Waals surface area (Å²) in [5.41, 5.74) is 0.312. The molecule has 0 amide bonds. The van der Waals surface area contributed by atoms with E-state index in [0.29, 0.717) is 15.6 Å². The van der Waals surface area contributed by atoms with Crippen molar-refractivity contribution in [1.29, 1.82) is 0 Å². The molecule has 2 aromatic carbocycles. The molecular weight excluding hydrogens is 319 g/mol. The third-order valence-corrected chi connectivity index (χ3v) is 4.80. The highest BCUT2D eigenvalue weighted by atomic mass is 35.5. The Morgan fingerprint density at radius 2 is 1.30 bits per heavy atom. The minimum absolute atomic E-state index is 0.0733. The van der Waals surface area contributed by atoms with Gasteiger partial charge in [0.05, 0.1) is 4.90 Å². The van der Waals surface area contributed by atoms with Crippen molar-refractivity contribution < 1.29 is 13.2 Å². The standard InChI is InChI=1S/C14H10Cl2O3S/c15-11-3-1-10(2-4-11)14(17)9-20(18,19)13-7-5-12(16)6-8-13/h1-8H,9H2. The monoisotopic (exact) mass is 328 g/mol. The minimum atomic E-state index is -3.68. The van der Waals surface area contributed by atoms with Crippen LogP contribution >= 0.6 is 23.2 Å². The Kier molecular flexibility index (Phi) is 4.48. The van der Waals surface area contributed by atoms with Crippen LogP contribution in [0.1, 0.15) is 10.4 Å². The van der Waals surface area contributed by atoms with Gasteiger partial charge in [0.2, 0.25) is 0 Å². The molecule has 2 aromatic rings. The predicted octanol–water partition coefficient (Wildman–Crippen LogP) is 3.65.